The number of benzene rings is 2. The molecule has 0 spiro atoms. The number of hydrogen-bond acceptors (Lipinski definition) is 13. The lowest BCUT2D eigenvalue weighted by atomic mass is 10.1. The van der Waals surface area contributed by atoms with E-state index in [-0.39, 0.29) is 43.3 Å². The van der Waals surface area contributed by atoms with Crippen LogP contribution in [0.25, 0.3) is 0 Å². The fraction of sp³-hybridized carbons (Fsp3) is 0.528. The molecule has 2 aromatic carbocycles. The minimum absolute atomic E-state index is 0.0101. The van der Waals surface area contributed by atoms with Crippen LogP contribution in [0.2, 0.25) is 0 Å². The molecule has 0 aliphatic rings. The molecule has 3 amide bonds. The van der Waals surface area contributed by atoms with E-state index in [1.807, 2.05) is 13.8 Å². The van der Waals surface area contributed by atoms with E-state index in [9.17, 15) is 44.2 Å². The van der Waals surface area contributed by atoms with Crippen molar-refractivity contribution in [2.45, 2.75) is 102 Å². The van der Waals surface area contributed by atoms with E-state index < -0.39 is 69.7 Å². The normalized spacial score (nSPS) is 11.7. The fourth-order valence-electron chi connectivity index (χ4n) is 4.79. The summed E-state index contributed by atoms with van der Waals surface area (Å²) in [7, 11) is 0. The van der Waals surface area contributed by atoms with Crippen LogP contribution in [-0.4, -0.2) is 77.3 Å². The zero-order valence-corrected chi connectivity index (χ0v) is 31.4. The zero-order chi connectivity index (χ0) is 39.7. The van der Waals surface area contributed by atoms with E-state index in [2.05, 4.69) is 16.0 Å². The van der Waals surface area contributed by atoms with Gasteiger partial charge in [0.05, 0.1) is 34.0 Å². The van der Waals surface area contributed by atoms with Gasteiger partial charge in [0.1, 0.15) is 25.2 Å². The number of non-ortho nitro benzene ring substituents is 1. The number of nitro benzene ring substituents is 2. The Labute approximate surface area is 317 Å². The highest BCUT2D eigenvalue weighted by Gasteiger charge is 2.28. The summed E-state index contributed by atoms with van der Waals surface area (Å²) in [4.78, 5) is 85.6. The van der Waals surface area contributed by atoms with Crippen LogP contribution in [0.3, 0.4) is 0 Å². The Morgan fingerprint density at radius 1 is 0.778 bits per heavy atom. The molecule has 0 aliphatic heterocycles. The molecule has 0 unspecified atom stereocenters. The van der Waals surface area contributed by atoms with Gasteiger partial charge >= 0.3 is 18.0 Å². The van der Waals surface area contributed by atoms with Crippen LogP contribution in [0.1, 0.15) is 83.6 Å². The summed E-state index contributed by atoms with van der Waals surface area (Å²) < 4.78 is 15.7. The van der Waals surface area contributed by atoms with Crippen molar-refractivity contribution < 1.29 is 48.0 Å². The summed E-state index contributed by atoms with van der Waals surface area (Å²) >= 11 is 0.782. The summed E-state index contributed by atoms with van der Waals surface area (Å²) in [6, 6.07) is 9.23. The van der Waals surface area contributed by atoms with E-state index in [0.717, 1.165) is 68.5 Å². The first-order chi connectivity index (χ1) is 25.9. The number of rotatable bonds is 26. The van der Waals surface area contributed by atoms with Crippen molar-refractivity contribution in [2.75, 3.05) is 25.5 Å². The summed E-state index contributed by atoms with van der Waals surface area (Å²) in [5.74, 6) is -3.30. The Balaban J connectivity index is 2.14. The molecule has 0 saturated heterocycles. The zero-order valence-electron chi connectivity index (χ0n) is 30.6. The molecule has 0 fully saturated rings. The molecule has 2 aromatic rings. The van der Waals surface area contributed by atoms with Crippen LogP contribution in [0.15, 0.2) is 53.4 Å². The van der Waals surface area contributed by atoms with Gasteiger partial charge in [0.2, 0.25) is 11.8 Å². The highest BCUT2D eigenvalue weighted by Crippen LogP contribution is 2.33. The Kier molecular flexibility index (Phi) is 21.3. The topological polar surface area (TPSA) is 235 Å². The van der Waals surface area contributed by atoms with E-state index in [4.69, 9.17) is 14.2 Å². The van der Waals surface area contributed by atoms with E-state index >= 15 is 0 Å². The van der Waals surface area contributed by atoms with Crippen molar-refractivity contribution in [1.29, 1.82) is 0 Å². The van der Waals surface area contributed by atoms with Gasteiger partial charge in [-0.1, -0.05) is 82.7 Å². The van der Waals surface area contributed by atoms with Gasteiger partial charge in [-0.05, 0) is 30.9 Å². The fourth-order valence-corrected chi connectivity index (χ4v) is 5.82. The van der Waals surface area contributed by atoms with Crippen molar-refractivity contribution in [2.24, 2.45) is 0 Å². The maximum Gasteiger partial charge on any atom is 0.408 e. The SMILES string of the molecule is CCCCCCOC(=O)CNC(=O)[C@H](CSc1ccc([N+](=O)[O-])cc1[N+](=O)[O-])NC(=O)CC[C@H](NC(=O)OCc1ccccc1)C(=O)OCCCCCC. The third kappa shape index (κ3) is 18.0. The number of thioether (sulfide) groups is 1. The second kappa shape index (κ2) is 25.7. The molecule has 0 bridgehead atoms. The standard InChI is InChI=1S/C36H49N5O12S/c1-3-5-7-12-20-51-33(43)23-37-34(44)29(25-54-31-18-16-27(40(47)48)22-30(31)41(49)50)38-32(42)19-17-28(35(45)52-21-13-8-6-4-2)39-36(46)53-24-26-14-10-9-11-15-26/h9-11,14-16,18,22,28-29H,3-8,12-13,17,19-21,23-25H2,1-2H3,(H,37,44)(H,38,42)(H,39,46)/t28-,29-/m0/s1. The smallest absolute Gasteiger partial charge is 0.408 e. The Bertz CT molecular complexity index is 1550. The lowest BCUT2D eigenvalue weighted by Gasteiger charge is -2.20. The third-order valence-corrected chi connectivity index (χ3v) is 8.92. The van der Waals surface area contributed by atoms with Gasteiger partial charge < -0.3 is 30.2 Å². The maximum absolute atomic E-state index is 13.2. The lowest BCUT2D eigenvalue weighted by molar-refractivity contribution is -0.396. The van der Waals surface area contributed by atoms with Crippen LogP contribution in [0.4, 0.5) is 16.2 Å². The molecule has 54 heavy (non-hydrogen) atoms. The Morgan fingerprint density at radius 2 is 1.44 bits per heavy atom. The minimum Gasteiger partial charge on any atom is -0.464 e. The molecule has 0 saturated carbocycles. The number of esters is 2. The second-order valence-electron chi connectivity index (χ2n) is 12.1. The van der Waals surface area contributed by atoms with Gasteiger partial charge in [0.15, 0.2) is 0 Å². The van der Waals surface area contributed by atoms with Crippen molar-refractivity contribution in [1.82, 2.24) is 16.0 Å². The number of ether oxygens (including phenoxy) is 3. The number of unbranched alkanes of at least 4 members (excludes halogenated alkanes) is 6. The number of nitrogens with zero attached hydrogens (tertiary/aromatic N) is 2. The molecule has 0 aliphatic carbocycles. The van der Waals surface area contributed by atoms with Gasteiger partial charge in [-0.25, -0.2) is 9.59 Å². The third-order valence-electron chi connectivity index (χ3n) is 7.77. The largest absolute Gasteiger partial charge is 0.464 e. The van der Waals surface area contributed by atoms with Crippen LogP contribution in [-0.2, 0) is 40.0 Å². The first-order valence-corrected chi connectivity index (χ1v) is 18.9. The van der Waals surface area contributed by atoms with Crippen molar-refractivity contribution >= 4 is 53.0 Å². The van der Waals surface area contributed by atoms with Crippen LogP contribution < -0.4 is 16.0 Å². The number of carbonyl (C=O) groups excluding carboxylic acids is 5. The van der Waals surface area contributed by atoms with Gasteiger partial charge in [0, 0.05) is 18.2 Å². The van der Waals surface area contributed by atoms with E-state index in [1.165, 1.54) is 0 Å². The predicted molar refractivity (Wildman–Crippen MR) is 198 cm³/mol. The van der Waals surface area contributed by atoms with Gasteiger partial charge in [-0.2, -0.15) is 0 Å². The molecule has 2 rings (SSSR count). The number of nitro groups is 2. The average Bonchev–Trinajstić information content (AvgIpc) is 3.16. The summed E-state index contributed by atoms with van der Waals surface area (Å²) in [6.45, 7) is 3.78. The lowest BCUT2D eigenvalue weighted by Crippen LogP contribution is -2.50. The highest BCUT2D eigenvalue weighted by molar-refractivity contribution is 7.99. The van der Waals surface area contributed by atoms with Crippen molar-refractivity contribution in [3.05, 3.63) is 74.3 Å². The first kappa shape index (κ1) is 44.9. The number of amides is 3. The predicted octanol–water partition coefficient (Wildman–Crippen LogP) is 5.52. The molecule has 18 heteroatoms. The van der Waals surface area contributed by atoms with Gasteiger partial charge in [0.25, 0.3) is 11.4 Å². The molecular weight excluding hydrogens is 726 g/mol. The van der Waals surface area contributed by atoms with E-state index in [1.54, 1.807) is 30.3 Å². The minimum atomic E-state index is -1.36. The van der Waals surface area contributed by atoms with Crippen molar-refractivity contribution in [3.8, 4) is 0 Å². The number of hydrogen-bond donors (Lipinski definition) is 3. The molecule has 2 atom stereocenters. The van der Waals surface area contributed by atoms with E-state index in [0.29, 0.717) is 18.4 Å². The molecule has 296 valence electrons. The highest BCUT2D eigenvalue weighted by atomic mass is 32.2. The number of carbonyl (C=O) groups is 5. The first-order valence-electron chi connectivity index (χ1n) is 17.9. The number of alkyl carbamates (subject to hydrolysis) is 1. The van der Waals surface area contributed by atoms with Crippen molar-refractivity contribution in [3.63, 3.8) is 0 Å². The second-order valence-corrected chi connectivity index (χ2v) is 13.2. The molecule has 0 heterocycles. The quantitative estimate of drug-likeness (QED) is 0.0267. The molecule has 17 nitrogen and oxygen atoms in total. The molecule has 0 radical (unpaired) electrons. The van der Waals surface area contributed by atoms with Crippen LogP contribution >= 0.6 is 11.8 Å². The summed E-state index contributed by atoms with van der Waals surface area (Å²) in [6.07, 6.45) is 5.37. The summed E-state index contributed by atoms with van der Waals surface area (Å²) in [5, 5.41) is 30.2. The maximum atomic E-state index is 13.2. The van der Waals surface area contributed by atoms with Crippen LogP contribution in [0.5, 0.6) is 0 Å². The molecule has 3 N–H and O–H groups in total. The Hall–Kier alpha value is -5.26. The number of nitrogens with one attached hydrogen (secondary N) is 3. The van der Waals surface area contributed by atoms with Crippen LogP contribution in [0, 0.1) is 20.2 Å². The van der Waals surface area contributed by atoms with Gasteiger partial charge in [-0.3, -0.25) is 34.6 Å². The molecular formula is C36H49N5O12S. The van der Waals surface area contributed by atoms with Gasteiger partial charge in [-0.15, -0.1) is 11.8 Å². The average molecular weight is 776 g/mol. The summed E-state index contributed by atoms with van der Waals surface area (Å²) in [5.41, 5.74) is -0.371. The Morgan fingerprint density at radius 3 is 2.07 bits per heavy atom. The monoisotopic (exact) mass is 775 g/mol. The molecule has 0 aromatic heterocycles.